The highest BCUT2D eigenvalue weighted by molar-refractivity contribution is 5.98. The van der Waals surface area contributed by atoms with Gasteiger partial charge in [-0.1, -0.05) is 180 Å². The van der Waals surface area contributed by atoms with Crippen LogP contribution in [-0.2, 0) is 46.4 Å². The van der Waals surface area contributed by atoms with Crippen molar-refractivity contribution in [1.82, 2.24) is 0 Å². The molecule has 0 radical (unpaired) electrons. The van der Waals surface area contributed by atoms with Crippen LogP contribution in [0.5, 0.6) is 11.5 Å². The number of hydrogen-bond acceptors (Lipinski definition) is 10. The number of benzene rings is 1. The van der Waals surface area contributed by atoms with E-state index >= 15 is 0 Å². The average molecular weight is 871 g/mol. The Labute approximate surface area is 376 Å². The molecule has 1 aliphatic heterocycles. The Balaban J connectivity index is 1.79. The Morgan fingerprint density at radius 2 is 1.05 bits per heavy atom. The van der Waals surface area contributed by atoms with Crippen LogP contribution in [-0.4, -0.2) is 55.4 Å². The summed E-state index contributed by atoms with van der Waals surface area (Å²) in [6.45, 7) is 7.95. The van der Waals surface area contributed by atoms with Crippen molar-refractivity contribution in [1.29, 1.82) is 0 Å². The van der Waals surface area contributed by atoms with Crippen LogP contribution in [0.4, 0.5) is 0 Å². The number of aromatic hydroxyl groups is 1. The number of ether oxygens (including phenoxy) is 5. The molecule has 62 heavy (non-hydrogen) atoms. The summed E-state index contributed by atoms with van der Waals surface area (Å²) >= 11 is 0. The van der Waals surface area contributed by atoms with Crippen molar-refractivity contribution in [3.63, 3.8) is 0 Å². The van der Waals surface area contributed by atoms with E-state index in [0.717, 1.165) is 49.7 Å². The van der Waals surface area contributed by atoms with E-state index in [2.05, 4.69) is 13.8 Å². The molecule has 0 bridgehead atoms. The standard InChI is InChI=1S/C52H86O10/c1-6-8-10-12-14-16-18-20-22-24-26-28-30-32-46(53)59-38-43(39-60-47(54)33-31-29-27-25-23-21-19-17-15-13-11-9-7-2)62-48(55)37-35-41(3)34-36-44-50(56)49-45(40-61-52(49)57)42(4)51(44)58-5/h34,43,56H,6-33,35-40H2,1-5H3/b41-34+. The molecule has 0 aromatic heterocycles. The summed E-state index contributed by atoms with van der Waals surface area (Å²) in [5.41, 5.74) is 2.90. The number of carbonyl (C=O) groups excluding carboxylic acids is 4. The summed E-state index contributed by atoms with van der Waals surface area (Å²) in [4.78, 5) is 50.7. The number of phenols is 1. The van der Waals surface area contributed by atoms with Gasteiger partial charge in [0.2, 0.25) is 0 Å². The summed E-state index contributed by atoms with van der Waals surface area (Å²) in [7, 11) is 1.52. The number of esters is 4. The summed E-state index contributed by atoms with van der Waals surface area (Å²) in [5, 5.41) is 10.9. The van der Waals surface area contributed by atoms with Crippen LogP contribution in [0, 0.1) is 6.92 Å². The summed E-state index contributed by atoms with van der Waals surface area (Å²) in [6.07, 6.45) is 34.0. The fraction of sp³-hybridized carbons (Fsp3) is 0.769. The van der Waals surface area contributed by atoms with E-state index in [0.29, 0.717) is 36.1 Å². The van der Waals surface area contributed by atoms with Gasteiger partial charge in [-0.3, -0.25) is 14.4 Å². The lowest BCUT2D eigenvalue weighted by Gasteiger charge is -2.18. The van der Waals surface area contributed by atoms with Crippen molar-refractivity contribution in [2.24, 2.45) is 0 Å². The van der Waals surface area contributed by atoms with Gasteiger partial charge in [0.15, 0.2) is 6.10 Å². The Morgan fingerprint density at radius 1 is 0.629 bits per heavy atom. The molecule has 1 heterocycles. The first-order valence-electron chi connectivity index (χ1n) is 24.9. The van der Waals surface area contributed by atoms with Crippen molar-refractivity contribution in [2.45, 2.75) is 239 Å². The molecule has 1 aromatic rings. The second kappa shape index (κ2) is 34.9. The molecule has 10 heteroatoms. The molecule has 0 unspecified atom stereocenters. The summed E-state index contributed by atoms with van der Waals surface area (Å²) in [5.74, 6) is -1.40. The minimum atomic E-state index is -0.909. The van der Waals surface area contributed by atoms with Gasteiger partial charge in [-0.25, -0.2) is 4.79 Å². The van der Waals surface area contributed by atoms with Crippen LogP contribution >= 0.6 is 0 Å². The van der Waals surface area contributed by atoms with Crippen molar-refractivity contribution >= 4 is 23.9 Å². The van der Waals surface area contributed by atoms with E-state index in [1.165, 1.54) is 136 Å². The second-order valence-electron chi connectivity index (χ2n) is 17.6. The molecule has 1 aromatic carbocycles. The van der Waals surface area contributed by atoms with Crippen molar-refractivity contribution < 1.29 is 48.0 Å². The van der Waals surface area contributed by atoms with Gasteiger partial charge in [0, 0.05) is 30.4 Å². The molecule has 10 nitrogen and oxygen atoms in total. The number of unbranched alkanes of at least 4 members (excludes halogenated alkanes) is 24. The van der Waals surface area contributed by atoms with Gasteiger partial charge in [0.1, 0.15) is 36.9 Å². The monoisotopic (exact) mass is 871 g/mol. The largest absolute Gasteiger partial charge is 0.507 e. The van der Waals surface area contributed by atoms with E-state index in [1.54, 1.807) is 0 Å². The smallest absolute Gasteiger partial charge is 0.342 e. The number of allylic oxidation sites excluding steroid dienone is 2. The van der Waals surface area contributed by atoms with Crippen molar-refractivity contribution in [3.8, 4) is 11.5 Å². The van der Waals surface area contributed by atoms with E-state index in [-0.39, 0.29) is 55.9 Å². The SMILES string of the molecule is CCCCCCCCCCCCCCCC(=O)OCC(COC(=O)CCCCCCCCCCCCCCC)OC(=O)CC/C(C)=C/Cc1c(O)c2c(c(C)c1OC)COC2=O. The molecule has 0 amide bonds. The number of fused-ring (bicyclic) bond motifs is 1. The lowest BCUT2D eigenvalue weighted by molar-refractivity contribution is -0.166. The molecule has 1 aliphatic rings. The molecule has 0 saturated carbocycles. The first kappa shape index (κ1) is 54.6. The third-order valence-corrected chi connectivity index (χ3v) is 12.2. The van der Waals surface area contributed by atoms with Gasteiger partial charge < -0.3 is 28.8 Å². The molecule has 0 atom stereocenters. The normalized spacial score (nSPS) is 12.4. The minimum absolute atomic E-state index is 0.0529. The molecule has 0 spiro atoms. The third-order valence-electron chi connectivity index (χ3n) is 12.2. The Morgan fingerprint density at radius 3 is 1.47 bits per heavy atom. The quantitative estimate of drug-likeness (QED) is 0.0295. The van der Waals surface area contributed by atoms with Gasteiger partial charge in [-0.2, -0.15) is 0 Å². The first-order chi connectivity index (χ1) is 30.1. The first-order valence-corrected chi connectivity index (χ1v) is 24.9. The molecular weight excluding hydrogens is 785 g/mol. The van der Waals surface area contributed by atoms with Crippen LogP contribution < -0.4 is 4.74 Å². The van der Waals surface area contributed by atoms with Gasteiger partial charge in [-0.15, -0.1) is 0 Å². The zero-order valence-electron chi connectivity index (χ0n) is 39.8. The van der Waals surface area contributed by atoms with Crippen LogP contribution in [0.15, 0.2) is 11.6 Å². The predicted molar refractivity (Wildman–Crippen MR) is 248 cm³/mol. The highest BCUT2D eigenvalue weighted by Crippen LogP contribution is 2.42. The van der Waals surface area contributed by atoms with Crippen LogP contribution in [0.1, 0.15) is 240 Å². The fourth-order valence-electron chi connectivity index (χ4n) is 8.16. The molecular formula is C52H86O10. The lowest BCUT2D eigenvalue weighted by atomic mass is 9.94. The van der Waals surface area contributed by atoms with E-state index in [9.17, 15) is 24.3 Å². The lowest BCUT2D eigenvalue weighted by Crippen LogP contribution is -2.30. The van der Waals surface area contributed by atoms with E-state index in [4.69, 9.17) is 23.7 Å². The number of carbonyl (C=O) groups is 4. The average Bonchev–Trinajstić information content (AvgIpc) is 3.66. The number of rotatable bonds is 39. The van der Waals surface area contributed by atoms with Gasteiger partial charge in [0.05, 0.1) is 7.11 Å². The van der Waals surface area contributed by atoms with E-state index < -0.39 is 18.0 Å². The van der Waals surface area contributed by atoms with Gasteiger partial charge in [0.25, 0.3) is 0 Å². The van der Waals surface area contributed by atoms with E-state index in [1.807, 2.05) is 19.9 Å². The Kier molecular flexibility index (Phi) is 30.7. The number of hydrogen-bond donors (Lipinski definition) is 1. The molecule has 0 fully saturated rings. The Hall–Kier alpha value is -3.56. The number of cyclic esters (lactones) is 1. The van der Waals surface area contributed by atoms with Gasteiger partial charge in [-0.05, 0) is 45.1 Å². The molecule has 1 N–H and O–H groups in total. The number of methoxy groups -OCH3 is 1. The highest BCUT2D eigenvalue weighted by Gasteiger charge is 2.32. The van der Waals surface area contributed by atoms with Crippen LogP contribution in [0.25, 0.3) is 0 Å². The summed E-state index contributed by atoms with van der Waals surface area (Å²) < 4.78 is 27.5. The number of phenolic OH excluding ortho intramolecular Hbond substituents is 1. The molecule has 0 aliphatic carbocycles. The maximum absolute atomic E-state index is 13.1. The molecule has 354 valence electrons. The zero-order chi connectivity index (χ0) is 45.2. The zero-order valence-corrected chi connectivity index (χ0v) is 39.8. The van der Waals surface area contributed by atoms with Crippen LogP contribution in [0.2, 0.25) is 0 Å². The molecule has 2 rings (SSSR count). The third kappa shape index (κ3) is 23.8. The second-order valence-corrected chi connectivity index (χ2v) is 17.6. The van der Waals surface area contributed by atoms with Gasteiger partial charge >= 0.3 is 23.9 Å². The highest BCUT2D eigenvalue weighted by atomic mass is 16.6. The molecule has 0 saturated heterocycles. The Bertz CT molecular complexity index is 1400. The topological polar surface area (TPSA) is 135 Å². The summed E-state index contributed by atoms with van der Waals surface area (Å²) in [6, 6.07) is 0. The fourth-order valence-corrected chi connectivity index (χ4v) is 8.16. The predicted octanol–water partition coefficient (Wildman–Crippen LogP) is 13.6. The van der Waals surface area contributed by atoms with Crippen LogP contribution in [0.3, 0.4) is 0 Å². The minimum Gasteiger partial charge on any atom is -0.507 e. The maximum Gasteiger partial charge on any atom is 0.342 e. The van der Waals surface area contributed by atoms with Crippen molar-refractivity contribution in [3.05, 3.63) is 33.9 Å². The van der Waals surface area contributed by atoms with Crippen molar-refractivity contribution in [2.75, 3.05) is 20.3 Å². The maximum atomic E-state index is 13.1.